The molecule has 34 heavy (non-hydrogen) atoms. The van der Waals surface area contributed by atoms with Gasteiger partial charge < -0.3 is 9.47 Å². The summed E-state index contributed by atoms with van der Waals surface area (Å²) in [7, 11) is 0. The molecule has 0 aliphatic heterocycles. The number of ether oxygens (including phenoxy) is 2. The molecule has 0 aliphatic rings. The number of pyridine rings is 1. The van der Waals surface area contributed by atoms with Gasteiger partial charge in [-0.1, -0.05) is 30.1 Å². The number of nitriles is 1. The number of nitrogens with zero attached hydrogens (tertiary/aromatic N) is 3. The maximum Gasteiger partial charge on any atom is 0.414 e. The number of nitrogens with one attached hydrogen (secondary N) is 2. The van der Waals surface area contributed by atoms with Gasteiger partial charge in [0.05, 0.1) is 27.9 Å². The summed E-state index contributed by atoms with van der Waals surface area (Å²) in [5, 5.41) is 16.0. The molecule has 0 atom stereocenters. The standard InChI is InChI=1S/C23H19Cl2N5O4/c1-3-13-7-8-27-19-6-5-15(11-16(13)19)34-21-17(24)9-14(10-18(21)25)29-30-20(12-26)22(31)28-23(32)33-4-2/h5-11,29H,3-4H2,1-2H3,(H,28,31,32)/b30-20+. The van der Waals surface area contributed by atoms with Crippen LogP contribution < -0.4 is 15.5 Å². The predicted octanol–water partition coefficient (Wildman–Crippen LogP) is 5.46. The van der Waals surface area contributed by atoms with Gasteiger partial charge in [-0.3, -0.25) is 20.5 Å². The highest BCUT2D eigenvalue weighted by Crippen LogP contribution is 2.39. The van der Waals surface area contributed by atoms with Crippen molar-refractivity contribution in [2.24, 2.45) is 5.10 Å². The van der Waals surface area contributed by atoms with Gasteiger partial charge in [0.1, 0.15) is 11.8 Å². The molecule has 0 radical (unpaired) electrons. The normalized spacial score (nSPS) is 11.0. The van der Waals surface area contributed by atoms with Gasteiger partial charge in [-0.05, 0) is 55.3 Å². The lowest BCUT2D eigenvalue weighted by Gasteiger charge is -2.13. The average Bonchev–Trinajstić information content (AvgIpc) is 2.81. The molecule has 0 bridgehead atoms. The summed E-state index contributed by atoms with van der Waals surface area (Å²) in [4.78, 5) is 27.6. The van der Waals surface area contributed by atoms with Crippen molar-refractivity contribution in [3.63, 3.8) is 0 Å². The number of hydrogen-bond donors (Lipinski definition) is 2. The van der Waals surface area contributed by atoms with E-state index in [1.807, 2.05) is 23.5 Å². The average molecular weight is 500 g/mol. The second-order valence-electron chi connectivity index (χ2n) is 6.73. The van der Waals surface area contributed by atoms with Crippen molar-refractivity contribution in [2.75, 3.05) is 12.0 Å². The van der Waals surface area contributed by atoms with E-state index in [1.165, 1.54) is 12.1 Å². The highest BCUT2D eigenvalue weighted by Gasteiger charge is 2.16. The van der Waals surface area contributed by atoms with E-state index in [-0.39, 0.29) is 28.1 Å². The number of rotatable bonds is 7. The van der Waals surface area contributed by atoms with E-state index in [2.05, 4.69) is 27.2 Å². The van der Waals surface area contributed by atoms with Gasteiger partial charge in [0.15, 0.2) is 5.75 Å². The first kappa shape index (κ1) is 24.8. The Morgan fingerprint density at radius 2 is 1.88 bits per heavy atom. The van der Waals surface area contributed by atoms with E-state index in [4.69, 9.17) is 33.2 Å². The van der Waals surface area contributed by atoms with Gasteiger partial charge in [0.2, 0.25) is 5.71 Å². The van der Waals surface area contributed by atoms with E-state index in [0.29, 0.717) is 5.75 Å². The number of carbonyl (C=O) groups excluding carboxylic acids is 2. The van der Waals surface area contributed by atoms with Gasteiger partial charge >= 0.3 is 6.09 Å². The number of amides is 2. The van der Waals surface area contributed by atoms with Crippen LogP contribution in [0, 0.1) is 11.3 Å². The van der Waals surface area contributed by atoms with Crippen LogP contribution in [-0.4, -0.2) is 29.3 Å². The van der Waals surface area contributed by atoms with Gasteiger partial charge in [0.25, 0.3) is 5.91 Å². The number of alkyl carbamates (subject to hydrolysis) is 1. The topological polar surface area (TPSA) is 126 Å². The molecule has 0 unspecified atom stereocenters. The molecule has 0 saturated heterocycles. The van der Waals surface area contributed by atoms with Crippen LogP contribution in [0.4, 0.5) is 10.5 Å². The van der Waals surface area contributed by atoms with Crippen molar-refractivity contribution >= 4 is 57.5 Å². The fourth-order valence-corrected chi connectivity index (χ4v) is 3.52. The number of imide groups is 1. The molecule has 9 nitrogen and oxygen atoms in total. The minimum absolute atomic E-state index is 0.0671. The molecule has 3 rings (SSSR count). The van der Waals surface area contributed by atoms with Crippen LogP contribution in [0.15, 0.2) is 47.7 Å². The van der Waals surface area contributed by atoms with E-state index in [9.17, 15) is 9.59 Å². The van der Waals surface area contributed by atoms with Gasteiger partial charge in [-0.15, -0.1) is 0 Å². The minimum atomic E-state index is -1.03. The van der Waals surface area contributed by atoms with E-state index in [1.54, 1.807) is 25.3 Å². The molecule has 2 aromatic carbocycles. The molecule has 0 aliphatic carbocycles. The Labute approximate surface area is 205 Å². The zero-order valence-corrected chi connectivity index (χ0v) is 19.7. The summed E-state index contributed by atoms with van der Waals surface area (Å²) in [5.74, 6) is -0.275. The first-order chi connectivity index (χ1) is 16.4. The second kappa shape index (κ2) is 11.3. The van der Waals surface area contributed by atoms with E-state index >= 15 is 0 Å². The zero-order chi connectivity index (χ0) is 24.7. The lowest BCUT2D eigenvalue weighted by molar-refractivity contribution is -0.114. The van der Waals surface area contributed by atoms with Crippen LogP contribution in [0.2, 0.25) is 10.0 Å². The molecule has 174 valence electrons. The molecule has 2 amide bonds. The summed E-state index contributed by atoms with van der Waals surface area (Å²) < 4.78 is 10.5. The zero-order valence-electron chi connectivity index (χ0n) is 18.2. The lowest BCUT2D eigenvalue weighted by atomic mass is 10.1. The number of carbonyl (C=O) groups is 2. The van der Waals surface area contributed by atoms with Crippen LogP contribution in [0.3, 0.4) is 0 Å². The largest absolute Gasteiger partial charge is 0.454 e. The summed E-state index contributed by atoms with van der Waals surface area (Å²) >= 11 is 12.7. The van der Waals surface area contributed by atoms with Gasteiger partial charge in [-0.25, -0.2) is 4.79 Å². The molecule has 1 heterocycles. The SMILES string of the molecule is CCOC(=O)NC(=O)/C(C#N)=N/Nc1cc(Cl)c(Oc2ccc3nccc(CC)c3c2)c(Cl)c1. The van der Waals surface area contributed by atoms with Crippen LogP contribution in [-0.2, 0) is 16.0 Å². The third-order valence-corrected chi connectivity index (χ3v) is 5.07. The number of aryl methyl sites for hydroxylation is 1. The predicted molar refractivity (Wildman–Crippen MR) is 129 cm³/mol. The van der Waals surface area contributed by atoms with Crippen molar-refractivity contribution in [1.29, 1.82) is 5.26 Å². The van der Waals surface area contributed by atoms with Crippen LogP contribution in [0.1, 0.15) is 19.4 Å². The number of benzene rings is 2. The quantitative estimate of drug-likeness (QED) is 0.326. The first-order valence-electron chi connectivity index (χ1n) is 10.1. The Balaban J connectivity index is 1.79. The Bertz CT molecular complexity index is 1300. The maximum absolute atomic E-state index is 11.9. The fraction of sp³-hybridized carbons (Fsp3) is 0.174. The summed E-state index contributed by atoms with van der Waals surface area (Å²) in [5.41, 5.74) is 4.18. The first-order valence-corrected chi connectivity index (χ1v) is 10.9. The Kier molecular flexibility index (Phi) is 8.24. The Hall–Kier alpha value is -3.87. The summed E-state index contributed by atoms with van der Waals surface area (Å²) in [6.07, 6.45) is 1.62. The highest BCUT2D eigenvalue weighted by atomic mass is 35.5. The molecule has 0 saturated carbocycles. The molecule has 0 fully saturated rings. The second-order valence-corrected chi connectivity index (χ2v) is 7.55. The van der Waals surface area contributed by atoms with Gasteiger partial charge in [0, 0.05) is 11.6 Å². The molecule has 1 aromatic heterocycles. The number of halogens is 2. The third-order valence-electron chi connectivity index (χ3n) is 4.51. The van der Waals surface area contributed by atoms with Crippen molar-refractivity contribution in [2.45, 2.75) is 20.3 Å². The number of aromatic nitrogens is 1. The Morgan fingerprint density at radius 3 is 2.53 bits per heavy atom. The van der Waals surface area contributed by atoms with Crippen LogP contribution >= 0.6 is 23.2 Å². The number of hydrogen-bond acceptors (Lipinski definition) is 8. The maximum atomic E-state index is 11.9. The molecular weight excluding hydrogens is 481 g/mol. The van der Waals surface area contributed by atoms with Crippen molar-refractivity contribution in [1.82, 2.24) is 10.3 Å². The molecule has 11 heteroatoms. The van der Waals surface area contributed by atoms with E-state index < -0.39 is 17.7 Å². The monoisotopic (exact) mass is 499 g/mol. The van der Waals surface area contributed by atoms with Gasteiger partial charge in [-0.2, -0.15) is 10.4 Å². The molecule has 3 aromatic rings. The number of fused-ring (bicyclic) bond motifs is 1. The van der Waals surface area contributed by atoms with E-state index in [0.717, 1.165) is 22.9 Å². The third kappa shape index (κ3) is 5.92. The number of anilines is 1. The molecule has 0 spiro atoms. The summed E-state index contributed by atoms with van der Waals surface area (Å²) in [6, 6.07) is 11.9. The minimum Gasteiger partial charge on any atom is -0.454 e. The smallest absolute Gasteiger partial charge is 0.414 e. The molecular formula is C23H19Cl2N5O4. The lowest BCUT2D eigenvalue weighted by Crippen LogP contribution is -2.36. The van der Waals surface area contributed by atoms with Crippen molar-refractivity contribution < 1.29 is 19.1 Å². The fourth-order valence-electron chi connectivity index (χ4n) is 2.96. The number of hydrazone groups is 1. The summed E-state index contributed by atoms with van der Waals surface area (Å²) in [6.45, 7) is 3.70. The van der Waals surface area contributed by atoms with Crippen molar-refractivity contribution in [3.05, 3.63) is 58.2 Å². The van der Waals surface area contributed by atoms with Crippen LogP contribution in [0.5, 0.6) is 11.5 Å². The Morgan fingerprint density at radius 1 is 1.15 bits per heavy atom. The molecule has 2 N–H and O–H groups in total. The van der Waals surface area contributed by atoms with Crippen molar-refractivity contribution in [3.8, 4) is 17.6 Å². The highest BCUT2D eigenvalue weighted by molar-refractivity contribution is 6.47. The van der Waals surface area contributed by atoms with Crippen LogP contribution in [0.25, 0.3) is 10.9 Å².